The van der Waals surface area contributed by atoms with Gasteiger partial charge in [-0.05, 0) is 18.8 Å². The fraction of sp³-hybridized carbons (Fsp3) is 0.667. The molecular formula is C12H18ClN3O. The molecule has 0 saturated heterocycles. The Morgan fingerprint density at radius 2 is 2.24 bits per heavy atom. The van der Waals surface area contributed by atoms with Crippen molar-refractivity contribution in [3.05, 3.63) is 16.9 Å². The van der Waals surface area contributed by atoms with E-state index < -0.39 is 0 Å². The largest absolute Gasteiger partial charge is 0.348 e. The molecule has 1 N–H and O–H groups in total. The maximum absolute atomic E-state index is 12.1. The summed E-state index contributed by atoms with van der Waals surface area (Å²) in [6.07, 6.45) is 6.20. The van der Waals surface area contributed by atoms with Gasteiger partial charge in [-0.25, -0.2) is 0 Å². The van der Waals surface area contributed by atoms with Gasteiger partial charge in [-0.2, -0.15) is 5.10 Å². The summed E-state index contributed by atoms with van der Waals surface area (Å²) in [5, 5.41) is 7.45. The lowest BCUT2D eigenvalue weighted by atomic mass is 9.86. The summed E-state index contributed by atoms with van der Waals surface area (Å²) in [6, 6.07) is 0.266. The van der Waals surface area contributed by atoms with Gasteiger partial charge < -0.3 is 5.32 Å². The van der Waals surface area contributed by atoms with E-state index >= 15 is 0 Å². The normalized spacial score (nSPS) is 24.6. The maximum atomic E-state index is 12.1. The molecule has 0 radical (unpaired) electrons. The quantitative estimate of drug-likeness (QED) is 0.882. The number of rotatable bonds is 2. The molecule has 1 aliphatic carbocycles. The molecule has 2 rings (SSSR count). The predicted molar refractivity (Wildman–Crippen MR) is 67.1 cm³/mol. The van der Waals surface area contributed by atoms with E-state index in [-0.39, 0.29) is 11.9 Å². The van der Waals surface area contributed by atoms with E-state index in [1.165, 1.54) is 30.1 Å². The molecule has 1 aliphatic rings. The van der Waals surface area contributed by atoms with Crippen LogP contribution in [0.25, 0.3) is 0 Å². The molecule has 4 nitrogen and oxygen atoms in total. The van der Waals surface area contributed by atoms with Gasteiger partial charge in [-0.1, -0.05) is 31.4 Å². The average molecular weight is 256 g/mol. The van der Waals surface area contributed by atoms with E-state index in [4.69, 9.17) is 11.6 Å². The summed E-state index contributed by atoms with van der Waals surface area (Å²) >= 11 is 5.95. The molecule has 0 aliphatic heterocycles. The van der Waals surface area contributed by atoms with Gasteiger partial charge in [0.05, 0.1) is 11.2 Å². The third-order valence-corrected chi connectivity index (χ3v) is 3.81. The molecule has 2 unspecified atom stereocenters. The topological polar surface area (TPSA) is 46.9 Å². The summed E-state index contributed by atoms with van der Waals surface area (Å²) in [4.78, 5) is 12.1. The highest BCUT2D eigenvalue weighted by molar-refractivity contribution is 6.33. The van der Waals surface area contributed by atoms with E-state index in [9.17, 15) is 4.79 Å². The summed E-state index contributed by atoms with van der Waals surface area (Å²) in [5.41, 5.74) is 0.449. The number of carbonyl (C=O) groups is 1. The molecule has 17 heavy (non-hydrogen) atoms. The van der Waals surface area contributed by atoms with Gasteiger partial charge in [0.15, 0.2) is 0 Å². The zero-order valence-electron chi connectivity index (χ0n) is 10.2. The number of aryl methyl sites for hydroxylation is 1. The number of nitrogens with one attached hydrogen (secondary N) is 1. The number of aromatic nitrogens is 2. The van der Waals surface area contributed by atoms with E-state index in [0.717, 1.165) is 6.42 Å². The monoisotopic (exact) mass is 255 g/mol. The number of carbonyl (C=O) groups excluding carboxylic acids is 1. The lowest BCUT2D eigenvalue weighted by Gasteiger charge is -2.29. The van der Waals surface area contributed by atoms with Crippen LogP contribution in [0, 0.1) is 5.92 Å². The van der Waals surface area contributed by atoms with Crippen LogP contribution in [0.1, 0.15) is 43.1 Å². The number of hydrogen-bond donors (Lipinski definition) is 1. The second-order valence-corrected chi connectivity index (χ2v) is 5.21. The third-order valence-electron chi connectivity index (χ3n) is 3.54. The van der Waals surface area contributed by atoms with Crippen LogP contribution in [0.2, 0.25) is 5.02 Å². The summed E-state index contributed by atoms with van der Waals surface area (Å²) in [7, 11) is 1.73. The van der Waals surface area contributed by atoms with Gasteiger partial charge in [-0.15, -0.1) is 0 Å². The summed E-state index contributed by atoms with van der Waals surface area (Å²) in [6.45, 7) is 2.19. The van der Waals surface area contributed by atoms with E-state index in [2.05, 4.69) is 17.3 Å². The van der Waals surface area contributed by atoms with Crippen molar-refractivity contribution in [2.75, 3.05) is 0 Å². The average Bonchev–Trinajstić information content (AvgIpc) is 2.62. The van der Waals surface area contributed by atoms with Gasteiger partial charge in [0.2, 0.25) is 0 Å². The number of hydrogen-bond acceptors (Lipinski definition) is 2. The van der Waals surface area contributed by atoms with Crippen LogP contribution in [0.3, 0.4) is 0 Å². The third kappa shape index (κ3) is 2.63. The molecule has 0 bridgehead atoms. The van der Waals surface area contributed by atoms with Crippen molar-refractivity contribution in [3.8, 4) is 0 Å². The molecule has 94 valence electrons. The molecule has 1 amide bonds. The smallest absolute Gasteiger partial charge is 0.271 e. The van der Waals surface area contributed by atoms with E-state index in [1.54, 1.807) is 7.05 Å². The van der Waals surface area contributed by atoms with Crippen molar-refractivity contribution in [1.29, 1.82) is 0 Å². The van der Waals surface area contributed by atoms with Crippen molar-refractivity contribution >= 4 is 17.5 Å². The van der Waals surface area contributed by atoms with Crippen molar-refractivity contribution in [3.63, 3.8) is 0 Å². The Kier molecular flexibility index (Phi) is 3.72. The Bertz CT molecular complexity index is 396. The second kappa shape index (κ2) is 5.08. The SMILES string of the molecule is CC1CCCCC1NC(=O)c1c(Cl)cnn1C. The predicted octanol–water partition coefficient (Wildman–Crippen LogP) is 2.38. The minimum Gasteiger partial charge on any atom is -0.348 e. The highest BCUT2D eigenvalue weighted by Crippen LogP contribution is 2.24. The van der Waals surface area contributed by atoms with Crippen molar-refractivity contribution in [1.82, 2.24) is 15.1 Å². The molecule has 0 spiro atoms. The van der Waals surface area contributed by atoms with Gasteiger partial charge in [0.1, 0.15) is 5.69 Å². The van der Waals surface area contributed by atoms with Crippen LogP contribution in [-0.4, -0.2) is 21.7 Å². The molecule has 1 saturated carbocycles. The zero-order chi connectivity index (χ0) is 12.4. The van der Waals surface area contributed by atoms with Crippen LogP contribution >= 0.6 is 11.6 Å². The fourth-order valence-electron chi connectivity index (χ4n) is 2.43. The molecule has 2 atom stereocenters. The molecule has 0 aromatic carbocycles. The van der Waals surface area contributed by atoms with Crippen LogP contribution in [0.15, 0.2) is 6.20 Å². The molecule has 1 aromatic heterocycles. The Hall–Kier alpha value is -1.03. The molecule has 1 fully saturated rings. The Morgan fingerprint density at radius 3 is 2.82 bits per heavy atom. The van der Waals surface area contributed by atoms with Crippen LogP contribution in [0.4, 0.5) is 0 Å². The minimum absolute atomic E-state index is 0.117. The number of halogens is 1. The highest BCUT2D eigenvalue weighted by Gasteiger charge is 2.25. The standard InChI is InChI=1S/C12H18ClN3O/c1-8-5-3-4-6-10(8)15-12(17)11-9(13)7-14-16(11)2/h7-8,10H,3-6H2,1-2H3,(H,15,17). The summed E-state index contributed by atoms with van der Waals surface area (Å²) in [5.74, 6) is 0.424. The molecule has 1 heterocycles. The fourth-order valence-corrected chi connectivity index (χ4v) is 2.69. The van der Waals surface area contributed by atoms with Crippen molar-refractivity contribution < 1.29 is 4.79 Å². The van der Waals surface area contributed by atoms with Gasteiger partial charge >= 0.3 is 0 Å². The summed E-state index contributed by atoms with van der Waals surface area (Å²) < 4.78 is 1.52. The Balaban J connectivity index is 2.06. The Labute approximate surface area is 106 Å². The molecule has 1 aromatic rings. The highest BCUT2D eigenvalue weighted by atomic mass is 35.5. The van der Waals surface area contributed by atoms with Crippen LogP contribution < -0.4 is 5.32 Å². The second-order valence-electron chi connectivity index (χ2n) is 4.81. The van der Waals surface area contributed by atoms with Crippen LogP contribution in [-0.2, 0) is 7.05 Å². The first-order chi connectivity index (χ1) is 8.09. The van der Waals surface area contributed by atoms with Gasteiger partial charge in [0.25, 0.3) is 5.91 Å². The van der Waals surface area contributed by atoms with E-state index in [0.29, 0.717) is 16.6 Å². The van der Waals surface area contributed by atoms with Crippen molar-refractivity contribution in [2.45, 2.75) is 38.6 Å². The zero-order valence-corrected chi connectivity index (χ0v) is 11.0. The lowest BCUT2D eigenvalue weighted by Crippen LogP contribution is -2.41. The van der Waals surface area contributed by atoms with Crippen LogP contribution in [0.5, 0.6) is 0 Å². The minimum atomic E-state index is -0.117. The van der Waals surface area contributed by atoms with Crippen molar-refractivity contribution in [2.24, 2.45) is 13.0 Å². The number of nitrogens with zero attached hydrogens (tertiary/aromatic N) is 2. The Morgan fingerprint density at radius 1 is 1.53 bits per heavy atom. The molecular weight excluding hydrogens is 238 g/mol. The number of amides is 1. The first-order valence-electron chi connectivity index (χ1n) is 6.08. The van der Waals surface area contributed by atoms with E-state index in [1.807, 2.05) is 0 Å². The maximum Gasteiger partial charge on any atom is 0.271 e. The van der Waals surface area contributed by atoms with Gasteiger partial charge in [-0.3, -0.25) is 9.48 Å². The molecule has 5 heteroatoms. The first kappa shape index (κ1) is 12.4. The first-order valence-corrected chi connectivity index (χ1v) is 6.45. The van der Waals surface area contributed by atoms with Gasteiger partial charge in [0, 0.05) is 13.1 Å². The lowest BCUT2D eigenvalue weighted by molar-refractivity contribution is 0.0901.